The molecule has 0 spiro atoms. The SMILES string of the molecule is CCCCCCNC(O)=S.NC(O)=S.[NaH]. The summed E-state index contributed by atoms with van der Waals surface area (Å²) in [6, 6.07) is 0. The molecular formula is C8H19N2NaO2S2. The minimum absolute atomic E-state index is 0. The van der Waals surface area contributed by atoms with Crippen LogP contribution in [0.2, 0.25) is 0 Å². The van der Waals surface area contributed by atoms with Crippen molar-refractivity contribution in [2.75, 3.05) is 6.54 Å². The molecule has 0 aromatic rings. The number of unbranched alkanes of at least 4 members (excludes halogenated alkanes) is 3. The molecule has 0 bridgehead atoms. The monoisotopic (exact) mass is 262 g/mol. The first-order valence-electron chi connectivity index (χ1n) is 4.45. The molecule has 0 unspecified atom stereocenters. The molecule has 86 valence electrons. The third-order valence-corrected chi connectivity index (χ3v) is 1.45. The average molecular weight is 262 g/mol. The Balaban J connectivity index is -0.000000249. The van der Waals surface area contributed by atoms with Gasteiger partial charge in [-0.1, -0.05) is 26.2 Å². The maximum absolute atomic E-state index is 8.53. The molecule has 0 fully saturated rings. The fraction of sp³-hybridized carbons (Fsp3) is 0.750. The molecule has 0 aliphatic heterocycles. The van der Waals surface area contributed by atoms with Crippen LogP contribution in [0.3, 0.4) is 0 Å². The molecule has 7 heteroatoms. The molecule has 15 heavy (non-hydrogen) atoms. The Labute approximate surface area is 124 Å². The average Bonchev–Trinajstić information content (AvgIpc) is 2.02. The van der Waals surface area contributed by atoms with Crippen LogP contribution < -0.4 is 11.1 Å². The molecule has 0 saturated heterocycles. The van der Waals surface area contributed by atoms with E-state index in [4.69, 9.17) is 10.2 Å². The van der Waals surface area contributed by atoms with Crippen molar-refractivity contribution in [1.82, 2.24) is 5.32 Å². The number of nitrogens with two attached hydrogens (primary N) is 1. The number of aliphatic hydroxyl groups excluding tert-OH is 2. The van der Waals surface area contributed by atoms with Gasteiger partial charge in [-0.3, -0.25) is 0 Å². The van der Waals surface area contributed by atoms with Gasteiger partial charge in [0.2, 0.25) is 0 Å². The van der Waals surface area contributed by atoms with Crippen molar-refractivity contribution in [3.8, 4) is 0 Å². The zero-order valence-electron chi connectivity index (χ0n) is 8.32. The number of hydrogen-bond acceptors (Lipinski definition) is 2. The molecule has 0 aliphatic carbocycles. The van der Waals surface area contributed by atoms with Crippen molar-refractivity contribution >= 4 is 64.3 Å². The van der Waals surface area contributed by atoms with E-state index in [-0.39, 0.29) is 34.7 Å². The fourth-order valence-corrected chi connectivity index (χ4v) is 0.849. The number of aliphatic hydroxyl groups is 2. The Hall–Kier alpha value is 0.380. The number of rotatable bonds is 5. The predicted octanol–water partition coefficient (Wildman–Crippen LogP) is 1.14. The molecule has 0 aromatic carbocycles. The Kier molecular flexibility index (Phi) is 23.2. The first-order valence-corrected chi connectivity index (χ1v) is 5.27. The van der Waals surface area contributed by atoms with Crippen LogP contribution in [0, 0.1) is 0 Å². The van der Waals surface area contributed by atoms with Gasteiger partial charge in [0.1, 0.15) is 0 Å². The van der Waals surface area contributed by atoms with Crippen molar-refractivity contribution in [3.63, 3.8) is 0 Å². The summed E-state index contributed by atoms with van der Waals surface area (Å²) in [5.74, 6) is 0. The molecule has 0 rings (SSSR count). The number of nitrogens with one attached hydrogen (secondary N) is 1. The summed E-state index contributed by atoms with van der Waals surface area (Å²) < 4.78 is 0. The molecule has 0 heterocycles. The maximum atomic E-state index is 8.53. The van der Waals surface area contributed by atoms with E-state index in [9.17, 15) is 0 Å². The zero-order valence-corrected chi connectivity index (χ0v) is 9.96. The molecular weight excluding hydrogens is 243 g/mol. The topological polar surface area (TPSA) is 78.5 Å². The van der Waals surface area contributed by atoms with E-state index in [1.54, 1.807) is 0 Å². The van der Waals surface area contributed by atoms with E-state index in [2.05, 4.69) is 42.4 Å². The van der Waals surface area contributed by atoms with Gasteiger partial charge >= 0.3 is 29.6 Å². The van der Waals surface area contributed by atoms with Crippen LogP contribution in [0.15, 0.2) is 0 Å². The molecule has 0 atom stereocenters. The summed E-state index contributed by atoms with van der Waals surface area (Å²) in [7, 11) is 0. The second kappa shape index (κ2) is 16.8. The second-order valence-electron chi connectivity index (χ2n) is 2.63. The molecule has 0 aromatic heterocycles. The van der Waals surface area contributed by atoms with Gasteiger partial charge in [0.05, 0.1) is 0 Å². The van der Waals surface area contributed by atoms with Crippen molar-refractivity contribution in [3.05, 3.63) is 0 Å². The first-order chi connectivity index (χ1) is 6.50. The molecule has 0 saturated carbocycles. The van der Waals surface area contributed by atoms with Gasteiger partial charge in [0, 0.05) is 6.54 Å². The quantitative estimate of drug-likeness (QED) is 0.338. The molecule has 4 nitrogen and oxygen atoms in total. The normalized spacial score (nSPS) is 7.80. The van der Waals surface area contributed by atoms with E-state index >= 15 is 0 Å². The summed E-state index contributed by atoms with van der Waals surface area (Å²) in [5.41, 5.74) is 4.40. The second-order valence-corrected chi connectivity index (χ2v) is 3.44. The van der Waals surface area contributed by atoms with Crippen LogP contribution in [0.5, 0.6) is 0 Å². The summed E-state index contributed by atoms with van der Waals surface area (Å²) in [6.07, 6.45) is 4.81. The van der Waals surface area contributed by atoms with Crippen molar-refractivity contribution in [1.29, 1.82) is 0 Å². The van der Waals surface area contributed by atoms with Gasteiger partial charge in [-0.2, -0.15) is 0 Å². The van der Waals surface area contributed by atoms with Crippen LogP contribution in [-0.4, -0.2) is 56.7 Å². The molecule has 5 N–H and O–H groups in total. The van der Waals surface area contributed by atoms with E-state index in [0.29, 0.717) is 0 Å². The Morgan fingerprint density at radius 1 is 1.20 bits per heavy atom. The molecule has 0 amide bonds. The third-order valence-electron chi connectivity index (χ3n) is 1.31. The summed E-state index contributed by atoms with van der Waals surface area (Å²) in [6.45, 7) is 2.97. The predicted molar refractivity (Wildman–Crippen MR) is 73.9 cm³/mol. The van der Waals surface area contributed by atoms with Gasteiger partial charge < -0.3 is 21.3 Å². The number of hydrogen-bond donors (Lipinski definition) is 4. The van der Waals surface area contributed by atoms with E-state index in [0.717, 1.165) is 13.0 Å². The van der Waals surface area contributed by atoms with Gasteiger partial charge in [-0.25, -0.2) is 0 Å². The standard InChI is InChI=1S/C7H15NOS.CH3NOS.Na.H/c1-2-3-4-5-6-8-7(9)10;2-1(3)4;;/h2-6H2,1H3,(H2,8,9,10);(H3,2,3,4);;. The first kappa shape index (κ1) is 20.8. The zero-order chi connectivity index (χ0) is 11.4. The number of thiocarbonyl (C=S) groups is 2. The summed E-state index contributed by atoms with van der Waals surface area (Å²) in [4.78, 5) is 0. The molecule has 0 aliphatic rings. The Morgan fingerprint density at radius 2 is 1.67 bits per heavy atom. The van der Waals surface area contributed by atoms with Crippen LogP contribution in [-0.2, 0) is 0 Å². The Morgan fingerprint density at radius 3 is 2.00 bits per heavy atom. The van der Waals surface area contributed by atoms with E-state index in [1.165, 1.54) is 19.3 Å². The third kappa shape index (κ3) is 40.5. The summed E-state index contributed by atoms with van der Waals surface area (Å²) >= 11 is 8.29. The van der Waals surface area contributed by atoms with Gasteiger partial charge in [0.25, 0.3) is 10.3 Å². The van der Waals surface area contributed by atoms with Crippen molar-refractivity contribution in [2.24, 2.45) is 5.73 Å². The van der Waals surface area contributed by atoms with Crippen LogP contribution >= 0.6 is 24.4 Å². The summed E-state index contributed by atoms with van der Waals surface area (Å²) in [5, 5.41) is 18.2. The van der Waals surface area contributed by atoms with Gasteiger partial charge in [-0.05, 0) is 30.9 Å². The van der Waals surface area contributed by atoms with Crippen LogP contribution in [0.25, 0.3) is 0 Å². The van der Waals surface area contributed by atoms with Crippen LogP contribution in [0.4, 0.5) is 0 Å². The van der Waals surface area contributed by atoms with E-state index in [1.807, 2.05) is 0 Å². The molecule has 0 radical (unpaired) electrons. The van der Waals surface area contributed by atoms with E-state index < -0.39 is 5.17 Å². The van der Waals surface area contributed by atoms with Gasteiger partial charge in [-0.15, -0.1) is 0 Å². The fourth-order valence-electron chi connectivity index (χ4n) is 0.747. The van der Waals surface area contributed by atoms with Crippen molar-refractivity contribution < 1.29 is 10.2 Å². The van der Waals surface area contributed by atoms with Crippen LogP contribution in [0.1, 0.15) is 32.6 Å². The Bertz CT molecular complexity index is 167. The van der Waals surface area contributed by atoms with Gasteiger partial charge in [0.15, 0.2) is 0 Å². The minimum atomic E-state index is -0.500. The van der Waals surface area contributed by atoms with Crippen molar-refractivity contribution in [2.45, 2.75) is 32.6 Å².